The molecule has 0 saturated heterocycles. The van der Waals surface area contributed by atoms with Crippen LogP contribution in [0.1, 0.15) is 24.5 Å². The van der Waals surface area contributed by atoms with Gasteiger partial charge in [-0.3, -0.25) is 9.67 Å². The number of aryl methyl sites for hydroxylation is 2. The fourth-order valence-electron chi connectivity index (χ4n) is 2.42. The van der Waals surface area contributed by atoms with Gasteiger partial charge in [0.05, 0.1) is 6.20 Å². The van der Waals surface area contributed by atoms with Gasteiger partial charge in [0.25, 0.3) is 0 Å². The lowest BCUT2D eigenvalue weighted by atomic mass is 10.2. The number of aliphatic imine (C=N–C) groups is 1. The van der Waals surface area contributed by atoms with Crippen LogP contribution in [0.25, 0.3) is 0 Å². The molecule has 0 aliphatic heterocycles. The van der Waals surface area contributed by atoms with Crippen LogP contribution in [0, 0.1) is 6.92 Å². The summed E-state index contributed by atoms with van der Waals surface area (Å²) in [5, 5.41) is 7.67. The number of nitrogens with zero attached hydrogens (tertiary/aromatic N) is 4. The number of benzene rings is 1. The topological polar surface area (TPSA) is 45.5 Å². The highest BCUT2D eigenvalue weighted by molar-refractivity contribution is 14.0. The van der Waals surface area contributed by atoms with Crippen molar-refractivity contribution in [2.75, 3.05) is 20.1 Å². The van der Waals surface area contributed by atoms with Crippen molar-refractivity contribution >= 4 is 45.9 Å². The van der Waals surface area contributed by atoms with Crippen molar-refractivity contribution < 1.29 is 0 Å². The van der Waals surface area contributed by atoms with Crippen LogP contribution in [-0.2, 0) is 13.1 Å². The zero-order valence-corrected chi connectivity index (χ0v) is 19.0. The molecular formula is C18H27BrIN5. The molecule has 1 heterocycles. The molecule has 2 aromatic rings. The smallest absolute Gasteiger partial charge is 0.193 e. The summed E-state index contributed by atoms with van der Waals surface area (Å²) < 4.78 is 3.08. The summed E-state index contributed by atoms with van der Waals surface area (Å²) in [6.45, 7) is 7.52. The lowest BCUT2D eigenvalue weighted by Gasteiger charge is -2.22. The second-order valence-corrected chi connectivity index (χ2v) is 6.77. The van der Waals surface area contributed by atoms with Gasteiger partial charge >= 0.3 is 0 Å². The van der Waals surface area contributed by atoms with Gasteiger partial charge in [-0.2, -0.15) is 5.10 Å². The predicted molar refractivity (Wildman–Crippen MR) is 119 cm³/mol. The third-order valence-electron chi connectivity index (χ3n) is 3.60. The van der Waals surface area contributed by atoms with E-state index in [1.165, 1.54) is 11.1 Å². The maximum absolute atomic E-state index is 4.73. The number of hydrogen-bond acceptors (Lipinski definition) is 2. The van der Waals surface area contributed by atoms with E-state index in [1.807, 2.05) is 10.9 Å². The van der Waals surface area contributed by atoms with Gasteiger partial charge in [-0.05, 0) is 43.5 Å². The van der Waals surface area contributed by atoms with Crippen molar-refractivity contribution in [1.82, 2.24) is 20.0 Å². The minimum atomic E-state index is 0. The van der Waals surface area contributed by atoms with Gasteiger partial charge in [0.2, 0.25) is 0 Å². The number of halogens is 2. The minimum absolute atomic E-state index is 0. The van der Waals surface area contributed by atoms with Crippen molar-refractivity contribution in [3.05, 3.63) is 52.3 Å². The van der Waals surface area contributed by atoms with Crippen LogP contribution in [0.4, 0.5) is 0 Å². The van der Waals surface area contributed by atoms with Crippen molar-refractivity contribution in [3.63, 3.8) is 0 Å². The molecule has 0 radical (unpaired) electrons. The van der Waals surface area contributed by atoms with Crippen LogP contribution in [0.5, 0.6) is 0 Å². The molecule has 1 aromatic carbocycles. The van der Waals surface area contributed by atoms with Gasteiger partial charge in [-0.1, -0.05) is 28.1 Å². The molecule has 0 saturated carbocycles. The molecule has 138 valence electrons. The molecule has 0 aliphatic rings. The number of nitrogens with one attached hydrogen (secondary N) is 1. The predicted octanol–water partition coefficient (Wildman–Crippen LogP) is 4.06. The first-order valence-corrected chi connectivity index (χ1v) is 9.10. The van der Waals surface area contributed by atoms with Gasteiger partial charge in [-0.15, -0.1) is 24.0 Å². The molecule has 0 aliphatic carbocycles. The third-order valence-corrected chi connectivity index (χ3v) is 4.13. The maximum Gasteiger partial charge on any atom is 0.193 e. The Morgan fingerprint density at radius 3 is 2.64 bits per heavy atom. The molecule has 0 unspecified atom stereocenters. The van der Waals surface area contributed by atoms with E-state index in [0.717, 1.165) is 43.0 Å². The summed E-state index contributed by atoms with van der Waals surface area (Å²) in [5.41, 5.74) is 2.46. The first kappa shape index (κ1) is 22.0. The number of rotatable bonds is 7. The maximum atomic E-state index is 4.73. The molecule has 0 fully saturated rings. The molecule has 5 nitrogen and oxygen atoms in total. The fraction of sp³-hybridized carbons (Fsp3) is 0.444. The Kier molecular flexibility index (Phi) is 10.1. The Hall–Kier alpha value is -1.09. The first-order valence-electron chi connectivity index (χ1n) is 8.31. The average Bonchev–Trinajstić information content (AvgIpc) is 2.98. The van der Waals surface area contributed by atoms with Gasteiger partial charge in [0, 0.05) is 43.9 Å². The van der Waals surface area contributed by atoms with Crippen LogP contribution in [0.2, 0.25) is 0 Å². The van der Waals surface area contributed by atoms with Crippen LogP contribution in [0.15, 0.2) is 46.1 Å². The molecule has 25 heavy (non-hydrogen) atoms. The summed E-state index contributed by atoms with van der Waals surface area (Å²) in [6, 6.07) is 8.40. The average molecular weight is 520 g/mol. The van der Waals surface area contributed by atoms with Crippen LogP contribution in [-0.4, -0.2) is 40.8 Å². The molecule has 0 amide bonds. The van der Waals surface area contributed by atoms with E-state index in [2.05, 4.69) is 82.6 Å². The Morgan fingerprint density at radius 1 is 1.32 bits per heavy atom. The van der Waals surface area contributed by atoms with E-state index in [-0.39, 0.29) is 24.0 Å². The highest BCUT2D eigenvalue weighted by Crippen LogP contribution is 2.11. The molecule has 7 heteroatoms. The Bertz CT molecular complexity index is 654. The normalized spacial score (nSPS) is 11.1. The minimum Gasteiger partial charge on any atom is -0.357 e. The largest absolute Gasteiger partial charge is 0.357 e. The number of hydrogen-bond donors (Lipinski definition) is 1. The van der Waals surface area contributed by atoms with Crippen molar-refractivity contribution in [1.29, 1.82) is 0 Å². The summed E-state index contributed by atoms with van der Waals surface area (Å²) >= 11 is 3.47. The molecule has 0 spiro atoms. The molecule has 1 N–H and O–H groups in total. The number of aromatic nitrogens is 2. The van der Waals surface area contributed by atoms with Crippen molar-refractivity contribution in [3.8, 4) is 0 Å². The molecule has 0 bridgehead atoms. The summed E-state index contributed by atoms with van der Waals surface area (Å²) in [6.07, 6.45) is 4.93. The molecular weight excluding hydrogens is 493 g/mol. The molecule has 0 atom stereocenters. The van der Waals surface area contributed by atoms with Crippen molar-refractivity contribution in [2.45, 2.75) is 33.4 Å². The van der Waals surface area contributed by atoms with Gasteiger partial charge in [0.1, 0.15) is 0 Å². The monoisotopic (exact) mass is 519 g/mol. The van der Waals surface area contributed by atoms with E-state index in [0.29, 0.717) is 0 Å². The quantitative estimate of drug-likeness (QED) is 0.260. The lowest BCUT2D eigenvalue weighted by molar-refractivity contribution is 0.475. The van der Waals surface area contributed by atoms with E-state index in [4.69, 9.17) is 4.99 Å². The zero-order chi connectivity index (χ0) is 17.4. The molecule has 1 aromatic heterocycles. The van der Waals surface area contributed by atoms with E-state index >= 15 is 0 Å². The van der Waals surface area contributed by atoms with Gasteiger partial charge < -0.3 is 10.2 Å². The van der Waals surface area contributed by atoms with Crippen LogP contribution < -0.4 is 5.32 Å². The highest BCUT2D eigenvalue weighted by atomic mass is 127. The third kappa shape index (κ3) is 7.77. The van der Waals surface area contributed by atoms with Gasteiger partial charge in [0.15, 0.2) is 5.96 Å². The second-order valence-electron chi connectivity index (χ2n) is 5.85. The van der Waals surface area contributed by atoms with E-state index in [9.17, 15) is 0 Å². The van der Waals surface area contributed by atoms with E-state index in [1.54, 1.807) is 0 Å². The fourth-order valence-corrected chi connectivity index (χ4v) is 2.68. The standard InChI is InChI=1S/C18H26BrN5.HI/c1-4-20-18(21-10-5-11-24-13-15(2)12-22-24)23(3)14-16-6-8-17(19)9-7-16;/h6-9,12-13H,4-5,10-11,14H2,1-3H3,(H,20,21);1H. The lowest BCUT2D eigenvalue weighted by Crippen LogP contribution is -2.38. The Labute approximate surface area is 176 Å². The Balaban J connectivity index is 0.00000312. The summed E-state index contributed by atoms with van der Waals surface area (Å²) in [7, 11) is 2.07. The van der Waals surface area contributed by atoms with Crippen molar-refractivity contribution in [2.24, 2.45) is 4.99 Å². The second kappa shape index (κ2) is 11.5. The first-order chi connectivity index (χ1) is 11.6. The summed E-state index contributed by atoms with van der Waals surface area (Å²) in [4.78, 5) is 6.89. The Morgan fingerprint density at radius 2 is 2.04 bits per heavy atom. The SMILES string of the molecule is CCNC(=NCCCn1cc(C)cn1)N(C)Cc1ccc(Br)cc1.I. The highest BCUT2D eigenvalue weighted by Gasteiger charge is 2.06. The number of guanidine groups is 1. The van der Waals surface area contributed by atoms with Crippen LogP contribution >= 0.6 is 39.9 Å². The van der Waals surface area contributed by atoms with Crippen LogP contribution in [0.3, 0.4) is 0 Å². The van der Waals surface area contributed by atoms with E-state index < -0.39 is 0 Å². The van der Waals surface area contributed by atoms with Gasteiger partial charge in [-0.25, -0.2) is 0 Å². The zero-order valence-electron chi connectivity index (χ0n) is 15.1. The summed E-state index contributed by atoms with van der Waals surface area (Å²) in [5.74, 6) is 0.942. The molecule has 2 rings (SSSR count).